The van der Waals surface area contributed by atoms with E-state index in [1.54, 1.807) is 12.1 Å². The summed E-state index contributed by atoms with van der Waals surface area (Å²) in [4.78, 5) is 23.1. The van der Waals surface area contributed by atoms with Gasteiger partial charge in [0.2, 0.25) is 0 Å². The minimum absolute atomic E-state index is 0. The third-order valence-electron chi connectivity index (χ3n) is 4.78. The number of fused-ring (bicyclic) bond motifs is 1. The minimum Gasteiger partial charge on any atom is -0.378 e. The van der Waals surface area contributed by atoms with Crippen LogP contribution >= 0.6 is 12.4 Å². The molecule has 4 rings (SSSR count). The number of anilines is 2. The van der Waals surface area contributed by atoms with Gasteiger partial charge in [0.1, 0.15) is 11.6 Å². The topological polar surface area (TPSA) is 91.4 Å². The number of urea groups is 1. The fourth-order valence-electron chi connectivity index (χ4n) is 3.42. The molecule has 3 heterocycles. The van der Waals surface area contributed by atoms with Crippen LogP contribution in [0.1, 0.15) is 18.2 Å². The molecule has 1 aromatic carbocycles. The third-order valence-corrected chi connectivity index (χ3v) is 4.78. The van der Waals surface area contributed by atoms with E-state index in [1.165, 1.54) is 6.07 Å². The molecular weight excluding hydrogens is 399 g/mol. The number of morpholine rings is 1. The van der Waals surface area contributed by atoms with Crippen LogP contribution in [0.2, 0.25) is 0 Å². The maximum absolute atomic E-state index is 14.8. The highest BCUT2D eigenvalue weighted by Gasteiger charge is 2.25. The first-order valence-corrected chi connectivity index (χ1v) is 9.43. The molecule has 0 spiro atoms. The van der Waals surface area contributed by atoms with Gasteiger partial charge < -0.3 is 25.6 Å². The lowest BCUT2D eigenvalue weighted by atomic mass is 10.1. The maximum Gasteiger partial charge on any atom is 0.319 e. The smallest absolute Gasteiger partial charge is 0.319 e. The van der Waals surface area contributed by atoms with Crippen molar-refractivity contribution in [2.45, 2.75) is 20.0 Å². The number of halogens is 2. The van der Waals surface area contributed by atoms with Gasteiger partial charge in [-0.2, -0.15) is 0 Å². The van der Waals surface area contributed by atoms with Crippen molar-refractivity contribution in [2.75, 3.05) is 43.1 Å². The Morgan fingerprint density at radius 2 is 2.07 bits per heavy atom. The van der Waals surface area contributed by atoms with Crippen molar-refractivity contribution >= 4 is 29.9 Å². The molecule has 8 nitrogen and oxygen atoms in total. The van der Waals surface area contributed by atoms with Gasteiger partial charge >= 0.3 is 6.03 Å². The summed E-state index contributed by atoms with van der Waals surface area (Å²) in [6.45, 7) is 6.46. The molecule has 156 valence electrons. The molecule has 0 atom stereocenters. The van der Waals surface area contributed by atoms with Gasteiger partial charge in [0.15, 0.2) is 5.82 Å². The van der Waals surface area contributed by atoms with Gasteiger partial charge in [0.05, 0.1) is 24.5 Å². The standard InChI is InChI=1S/C19H23FN6O2.ClH/c1-2-22-19(27)23-12-3-4-13(15(20)9-12)17-24-16-11-21-10-14(16)18(25-17)26-5-7-28-8-6-26;/h3-4,9,21H,2,5-8,10-11H2,1H3,(H2,22,23,27);1H. The predicted molar refractivity (Wildman–Crippen MR) is 111 cm³/mol. The van der Waals surface area contributed by atoms with Crippen LogP contribution in [-0.2, 0) is 17.8 Å². The summed E-state index contributed by atoms with van der Waals surface area (Å²) in [5, 5.41) is 8.51. The Bertz CT molecular complexity index is 891. The number of carbonyl (C=O) groups is 1. The van der Waals surface area contributed by atoms with Crippen LogP contribution < -0.4 is 20.9 Å². The Kier molecular flexibility index (Phi) is 6.83. The molecule has 0 saturated carbocycles. The lowest BCUT2D eigenvalue weighted by Crippen LogP contribution is -2.37. The van der Waals surface area contributed by atoms with E-state index >= 15 is 0 Å². The average Bonchev–Trinajstić information content (AvgIpc) is 3.17. The number of nitrogens with zero attached hydrogens (tertiary/aromatic N) is 3. The summed E-state index contributed by atoms with van der Waals surface area (Å²) >= 11 is 0. The fourth-order valence-corrected chi connectivity index (χ4v) is 3.42. The molecule has 0 bridgehead atoms. The summed E-state index contributed by atoms with van der Waals surface area (Å²) in [5.74, 6) is 0.719. The van der Waals surface area contributed by atoms with E-state index in [1.807, 2.05) is 6.92 Å². The van der Waals surface area contributed by atoms with E-state index in [0.717, 1.165) is 30.2 Å². The van der Waals surface area contributed by atoms with Crippen LogP contribution in [0, 0.1) is 5.82 Å². The van der Waals surface area contributed by atoms with E-state index in [-0.39, 0.29) is 18.4 Å². The molecule has 1 fully saturated rings. The van der Waals surface area contributed by atoms with Gasteiger partial charge in [0, 0.05) is 44.0 Å². The molecule has 0 unspecified atom stereocenters. The first-order chi connectivity index (χ1) is 13.7. The Hall–Kier alpha value is -2.49. The van der Waals surface area contributed by atoms with Crippen molar-refractivity contribution in [1.82, 2.24) is 20.6 Å². The molecule has 10 heteroatoms. The Morgan fingerprint density at radius 3 is 2.79 bits per heavy atom. The Morgan fingerprint density at radius 1 is 1.28 bits per heavy atom. The summed E-state index contributed by atoms with van der Waals surface area (Å²) in [6.07, 6.45) is 0. The van der Waals surface area contributed by atoms with E-state index < -0.39 is 5.82 Å². The van der Waals surface area contributed by atoms with Gasteiger partial charge in [-0.3, -0.25) is 0 Å². The molecule has 2 amide bonds. The minimum atomic E-state index is -0.479. The molecule has 2 aliphatic rings. The number of amides is 2. The van der Waals surface area contributed by atoms with Crippen LogP contribution in [0.4, 0.5) is 20.7 Å². The van der Waals surface area contributed by atoms with Crippen molar-refractivity contribution in [3.8, 4) is 11.4 Å². The lowest BCUT2D eigenvalue weighted by molar-refractivity contribution is 0.122. The quantitative estimate of drug-likeness (QED) is 0.700. The zero-order chi connectivity index (χ0) is 19.5. The molecule has 29 heavy (non-hydrogen) atoms. The maximum atomic E-state index is 14.8. The monoisotopic (exact) mass is 422 g/mol. The third kappa shape index (κ3) is 4.58. The van der Waals surface area contributed by atoms with Gasteiger partial charge in [0.25, 0.3) is 0 Å². The first-order valence-electron chi connectivity index (χ1n) is 9.43. The van der Waals surface area contributed by atoms with Gasteiger partial charge in [-0.05, 0) is 25.1 Å². The van der Waals surface area contributed by atoms with Crippen LogP contribution in [0.25, 0.3) is 11.4 Å². The Balaban J connectivity index is 0.00000240. The van der Waals surface area contributed by atoms with Crippen LogP contribution in [0.15, 0.2) is 18.2 Å². The first kappa shape index (κ1) is 21.2. The highest BCUT2D eigenvalue weighted by molar-refractivity contribution is 5.89. The van der Waals surface area contributed by atoms with Crippen molar-refractivity contribution in [1.29, 1.82) is 0 Å². The molecule has 2 aliphatic heterocycles. The molecule has 1 aromatic heterocycles. The highest BCUT2D eigenvalue weighted by Crippen LogP contribution is 2.30. The van der Waals surface area contributed by atoms with E-state index in [4.69, 9.17) is 9.72 Å². The zero-order valence-electron chi connectivity index (χ0n) is 16.1. The van der Waals surface area contributed by atoms with Crippen LogP contribution in [-0.4, -0.2) is 48.8 Å². The van der Waals surface area contributed by atoms with Crippen molar-refractivity contribution in [3.05, 3.63) is 35.3 Å². The van der Waals surface area contributed by atoms with Gasteiger partial charge in [-0.1, -0.05) is 0 Å². The number of benzene rings is 1. The normalized spacial score (nSPS) is 15.4. The number of aromatic nitrogens is 2. The van der Waals surface area contributed by atoms with Gasteiger partial charge in [-0.15, -0.1) is 12.4 Å². The summed E-state index contributed by atoms with van der Waals surface area (Å²) in [5.41, 5.74) is 2.66. The second-order valence-corrected chi connectivity index (χ2v) is 6.68. The molecule has 3 N–H and O–H groups in total. The Labute approximate surface area is 174 Å². The van der Waals surface area contributed by atoms with Gasteiger partial charge in [-0.25, -0.2) is 19.2 Å². The van der Waals surface area contributed by atoms with E-state index in [0.29, 0.717) is 49.9 Å². The molecular formula is C19H24ClFN6O2. The molecule has 2 aromatic rings. The van der Waals surface area contributed by atoms with E-state index in [9.17, 15) is 9.18 Å². The summed E-state index contributed by atoms with van der Waals surface area (Å²) < 4.78 is 20.2. The number of carbonyl (C=O) groups excluding carboxylic acids is 1. The molecule has 0 radical (unpaired) electrons. The number of ether oxygens (including phenoxy) is 1. The predicted octanol–water partition coefficient (Wildman–Crippen LogP) is 2.29. The van der Waals surface area contributed by atoms with Crippen LogP contribution in [0.5, 0.6) is 0 Å². The second kappa shape index (κ2) is 9.34. The highest BCUT2D eigenvalue weighted by atomic mass is 35.5. The van der Waals surface area contributed by atoms with E-state index in [2.05, 4.69) is 25.8 Å². The summed E-state index contributed by atoms with van der Waals surface area (Å²) in [6, 6.07) is 4.17. The number of nitrogens with one attached hydrogen (secondary N) is 3. The summed E-state index contributed by atoms with van der Waals surface area (Å²) in [7, 11) is 0. The average molecular weight is 423 g/mol. The van der Waals surface area contributed by atoms with Crippen molar-refractivity contribution < 1.29 is 13.9 Å². The SMILES string of the molecule is CCNC(=O)Nc1ccc(-c2nc3c(c(N4CCOCC4)n2)CNC3)c(F)c1.Cl. The number of hydrogen-bond acceptors (Lipinski definition) is 6. The molecule has 0 aliphatic carbocycles. The van der Waals surface area contributed by atoms with Crippen molar-refractivity contribution in [2.24, 2.45) is 0 Å². The fraction of sp³-hybridized carbons (Fsp3) is 0.421. The lowest BCUT2D eigenvalue weighted by Gasteiger charge is -2.29. The second-order valence-electron chi connectivity index (χ2n) is 6.68. The number of hydrogen-bond donors (Lipinski definition) is 3. The van der Waals surface area contributed by atoms with Crippen LogP contribution in [0.3, 0.4) is 0 Å². The largest absolute Gasteiger partial charge is 0.378 e. The van der Waals surface area contributed by atoms with Crippen molar-refractivity contribution in [3.63, 3.8) is 0 Å². The molecule has 1 saturated heterocycles. The zero-order valence-corrected chi connectivity index (χ0v) is 16.9. The number of rotatable bonds is 4.